The largest absolute Gasteiger partial charge is 0.325 e. The van der Waals surface area contributed by atoms with Gasteiger partial charge in [0.2, 0.25) is 15.9 Å². The molecule has 2 aromatic heterocycles. The van der Waals surface area contributed by atoms with Crippen molar-refractivity contribution in [1.29, 1.82) is 0 Å². The molecule has 3 N–H and O–H groups in total. The Labute approximate surface area is 157 Å². The minimum absolute atomic E-state index is 0.00149. The van der Waals surface area contributed by atoms with Gasteiger partial charge in [-0.25, -0.2) is 18.1 Å². The highest BCUT2D eigenvalue weighted by atomic mass is 32.2. The quantitative estimate of drug-likeness (QED) is 0.599. The lowest BCUT2D eigenvalue weighted by atomic mass is 10.1. The lowest BCUT2D eigenvalue weighted by Gasteiger charge is -2.09. The van der Waals surface area contributed by atoms with Crippen molar-refractivity contribution in [2.75, 3.05) is 11.9 Å². The second-order valence-corrected chi connectivity index (χ2v) is 8.15. The van der Waals surface area contributed by atoms with Gasteiger partial charge in [0.15, 0.2) is 5.65 Å². The van der Waals surface area contributed by atoms with Crippen molar-refractivity contribution in [1.82, 2.24) is 19.9 Å². The Morgan fingerprint density at radius 2 is 1.93 bits per heavy atom. The molecule has 0 unspecified atom stereocenters. The summed E-state index contributed by atoms with van der Waals surface area (Å²) in [6.07, 6.45) is 1.52. The molecule has 0 saturated carbocycles. The number of pyridine rings is 1. The summed E-state index contributed by atoms with van der Waals surface area (Å²) in [7, 11) is -3.65. The first kappa shape index (κ1) is 19.0. The second-order valence-electron chi connectivity index (χ2n) is 6.39. The Hall–Kier alpha value is -2.78. The van der Waals surface area contributed by atoms with Crippen molar-refractivity contribution in [2.24, 2.45) is 0 Å². The Kier molecular flexibility index (Phi) is 5.24. The fraction of sp³-hybridized carbons (Fsp3) is 0.278. The Morgan fingerprint density at radius 1 is 1.15 bits per heavy atom. The van der Waals surface area contributed by atoms with Crippen molar-refractivity contribution < 1.29 is 13.2 Å². The number of amides is 1. The van der Waals surface area contributed by atoms with E-state index in [0.717, 1.165) is 22.2 Å². The summed E-state index contributed by atoms with van der Waals surface area (Å²) in [6.45, 7) is 5.64. The van der Waals surface area contributed by atoms with Crippen LogP contribution in [0.15, 0.2) is 35.4 Å². The molecular formula is C18H21N5O3S. The molecule has 1 amide bonds. The monoisotopic (exact) mass is 387 g/mol. The van der Waals surface area contributed by atoms with Gasteiger partial charge < -0.3 is 5.32 Å². The number of fused-ring (bicyclic) bond motifs is 1. The second kappa shape index (κ2) is 7.45. The van der Waals surface area contributed by atoms with Crippen molar-refractivity contribution in [2.45, 2.75) is 32.1 Å². The molecule has 0 aliphatic rings. The number of hydrogen-bond acceptors (Lipinski definition) is 5. The molecule has 0 spiro atoms. The first-order chi connectivity index (χ1) is 12.8. The molecule has 1 aromatic carbocycles. The van der Waals surface area contributed by atoms with Crippen molar-refractivity contribution in [3.05, 3.63) is 47.3 Å². The zero-order valence-corrected chi connectivity index (χ0v) is 16.1. The first-order valence-electron chi connectivity index (χ1n) is 8.44. The standard InChI is InChI=1S/C18H21N5O3S/c1-11-4-5-15(8-12(11)2)27(25,26)20-7-6-17(24)21-14-9-16-13(3)22-23-18(16)19-10-14/h4-5,8-10,20H,6-7H2,1-3H3,(H,21,24)(H,19,22,23). The van der Waals surface area contributed by atoms with E-state index in [1.807, 2.05) is 20.8 Å². The molecule has 0 aliphatic heterocycles. The highest BCUT2D eigenvalue weighted by Crippen LogP contribution is 2.18. The topological polar surface area (TPSA) is 117 Å². The van der Waals surface area contributed by atoms with Gasteiger partial charge in [-0.1, -0.05) is 6.07 Å². The lowest BCUT2D eigenvalue weighted by molar-refractivity contribution is -0.116. The molecule has 3 rings (SSSR count). The SMILES string of the molecule is Cc1ccc(S(=O)(=O)NCCC(=O)Nc2cnc3n[nH]c(C)c3c2)cc1C. The fourth-order valence-corrected chi connectivity index (χ4v) is 3.69. The minimum atomic E-state index is -3.65. The number of anilines is 1. The number of H-pyrrole nitrogens is 1. The van der Waals surface area contributed by atoms with Gasteiger partial charge in [-0.05, 0) is 50.1 Å². The third kappa shape index (κ3) is 4.32. The van der Waals surface area contributed by atoms with Gasteiger partial charge in [0.1, 0.15) is 0 Å². The van der Waals surface area contributed by atoms with Gasteiger partial charge in [0, 0.05) is 24.0 Å². The van der Waals surface area contributed by atoms with Crippen LogP contribution in [0.3, 0.4) is 0 Å². The van der Waals surface area contributed by atoms with Crippen LogP contribution in [0.5, 0.6) is 0 Å². The summed E-state index contributed by atoms with van der Waals surface area (Å²) >= 11 is 0. The normalized spacial score (nSPS) is 11.7. The van der Waals surface area contributed by atoms with Gasteiger partial charge >= 0.3 is 0 Å². The zero-order chi connectivity index (χ0) is 19.6. The van der Waals surface area contributed by atoms with Crippen LogP contribution in [0.1, 0.15) is 23.2 Å². The molecule has 8 nitrogen and oxygen atoms in total. The molecule has 0 radical (unpaired) electrons. The summed E-state index contributed by atoms with van der Waals surface area (Å²) < 4.78 is 27.1. The maximum Gasteiger partial charge on any atom is 0.240 e. The number of carbonyl (C=O) groups is 1. The summed E-state index contributed by atoms with van der Waals surface area (Å²) in [5.74, 6) is -0.305. The van der Waals surface area contributed by atoms with E-state index in [0.29, 0.717) is 11.3 Å². The van der Waals surface area contributed by atoms with Crippen molar-refractivity contribution >= 4 is 32.7 Å². The van der Waals surface area contributed by atoms with Crippen LogP contribution in [0.25, 0.3) is 11.0 Å². The van der Waals surface area contributed by atoms with Crippen LogP contribution in [-0.4, -0.2) is 36.1 Å². The molecule has 0 bridgehead atoms. The number of carbonyl (C=O) groups excluding carboxylic acids is 1. The van der Waals surface area contributed by atoms with E-state index in [4.69, 9.17) is 0 Å². The van der Waals surface area contributed by atoms with E-state index in [1.165, 1.54) is 6.20 Å². The van der Waals surface area contributed by atoms with Crippen LogP contribution in [0.4, 0.5) is 5.69 Å². The highest BCUT2D eigenvalue weighted by Gasteiger charge is 2.15. The van der Waals surface area contributed by atoms with Gasteiger partial charge in [-0.3, -0.25) is 9.89 Å². The van der Waals surface area contributed by atoms with E-state index in [9.17, 15) is 13.2 Å². The van der Waals surface area contributed by atoms with E-state index < -0.39 is 10.0 Å². The fourth-order valence-electron chi connectivity index (χ4n) is 2.57. The van der Waals surface area contributed by atoms with E-state index in [1.54, 1.807) is 24.3 Å². The molecule has 2 heterocycles. The molecule has 0 saturated heterocycles. The third-order valence-corrected chi connectivity index (χ3v) is 5.78. The average molecular weight is 387 g/mol. The molecule has 9 heteroatoms. The van der Waals surface area contributed by atoms with Gasteiger partial charge in [-0.2, -0.15) is 5.10 Å². The minimum Gasteiger partial charge on any atom is -0.325 e. The van der Waals surface area contributed by atoms with Crippen LogP contribution in [0, 0.1) is 20.8 Å². The van der Waals surface area contributed by atoms with Crippen LogP contribution >= 0.6 is 0 Å². The zero-order valence-electron chi connectivity index (χ0n) is 15.3. The molecular weight excluding hydrogens is 366 g/mol. The number of aromatic nitrogens is 3. The number of hydrogen-bond donors (Lipinski definition) is 3. The summed E-state index contributed by atoms with van der Waals surface area (Å²) in [5, 5.41) is 10.4. The Morgan fingerprint density at radius 3 is 2.67 bits per heavy atom. The number of benzene rings is 1. The lowest BCUT2D eigenvalue weighted by Crippen LogP contribution is -2.28. The number of aromatic amines is 1. The summed E-state index contributed by atoms with van der Waals surface area (Å²) in [6, 6.07) is 6.71. The Balaban J connectivity index is 1.58. The third-order valence-electron chi connectivity index (χ3n) is 4.32. The molecule has 27 heavy (non-hydrogen) atoms. The molecule has 0 fully saturated rings. The van der Waals surface area contributed by atoms with Crippen molar-refractivity contribution in [3.8, 4) is 0 Å². The van der Waals surface area contributed by atoms with Gasteiger partial charge in [0.25, 0.3) is 0 Å². The smallest absolute Gasteiger partial charge is 0.240 e. The van der Waals surface area contributed by atoms with Crippen LogP contribution in [-0.2, 0) is 14.8 Å². The average Bonchev–Trinajstić information content (AvgIpc) is 2.98. The number of sulfonamides is 1. The first-order valence-corrected chi connectivity index (χ1v) is 9.92. The summed E-state index contributed by atoms with van der Waals surface area (Å²) in [5.41, 5.74) is 3.88. The molecule has 0 atom stereocenters. The van der Waals surface area contributed by atoms with E-state index >= 15 is 0 Å². The Bertz CT molecular complexity index is 1110. The summed E-state index contributed by atoms with van der Waals surface area (Å²) in [4.78, 5) is 16.4. The highest BCUT2D eigenvalue weighted by molar-refractivity contribution is 7.89. The number of rotatable bonds is 6. The van der Waals surface area contributed by atoms with Crippen LogP contribution < -0.4 is 10.0 Å². The predicted octanol–water partition coefficient (Wildman–Crippen LogP) is 2.19. The maximum atomic E-state index is 12.3. The van der Waals surface area contributed by atoms with Gasteiger partial charge in [0.05, 0.1) is 16.8 Å². The molecule has 142 valence electrons. The van der Waals surface area contributed by atoms with E-state index in [-0.39, 0.29) is 23.8 Å². The molecule has 0 aliphatic carbocycles. The maximum absolute atomic E-state index is 12.3. The number of aryl methyl sites for hydroxylation is 3. The van der Waals surface area contributed by atoms with Crippen LogP contribution in [0.2, 0.25) is 0 Å². The number of nitrogens with zero attached hydrogens (tertiary/aromatic N) is 2. The number of nitrogens with one attached hydrogen (secondary N) is 3. The van der Waals surface area contributed by atoms with E-state index in [2.05, 4.69) is 25.2 Å². The predicted molar refractivity (Wildman–Crippen MR) is 103 cm³/mol. The molecule has 3 aromatic rings. The van der Waals surface area contributed by atoms with Crippen molar-refractivity contribution in [3.63, 3.8) is 0 Å². The van der Waals surface area contributed by atoms with Gasteiger partial charge in [-0.15, -0.1) is 0 Å².